The van der Waals surface area contributed by atoms with Crippen molar-refractivity contribution in [1.82, 2.24) is 18.4 Å². The summed E-state index contributed by atoms with van der Waals surface area (Å²) in [5, 5.41) is 21.3. The molecule has 9 rings (SSSR count). The minimum absolute atomic E-state index is 0.0699. The maximum atomic E-state index is 14.1. The molecule has 9 aromatic rings. The van der Waals surface area contributed by atoms with E-state index in [0.717, 1.165) is 30.5 Å². The van der Waals surface area contributed by atoms with Crippen LogP contribution in [0.1, 0.15) is 0 Å². The van der Waals surface area contributed by atoms with Crippen LogP contribution in [0.5, 0.6) is 0 Å². The maximum Gasteiger partial charge on any atom is 0.285 e. The zero-order valence-electron chi connectivity index (χ0n) is 20.9. The van der Waals surface area contributed by atoms with Gasteiger partial charge in [-0.15, -0.1) is 0 Å². The van der Waals surface area contributed by atoms with Crippen LogP contribution in [0, 0.1) is 10.8 Å². The highest BCUT2D eigenvalue weighted by Gasteiger charge is 2.27. The summed E-state index contributed by atoms with van der Waals surface area (Å²) < 4.78 is 3.29. The summed E-state index contributed by atoms with van der Waals surface area (Å²) in [6.07, 6.45) is 0. The van der Waals surface area contributed by atoms with Crippen LogP contribution in [-0.2, 0) is 0 Å². The average Bonchev–Trinajstić information content (AvgIpc) is 3.55. The Morgan fingerprint density at radius 3 is 1.83 bits per heavy atom. The van der Waals surface area contributed by atoms with Crippen LogP contribution in [0.4, 0.5) is 0 Å². The van der Waals surface area contributed by atoms with Gasteiger partial charge in [0, 0.05) is 16.2 Å². The van der Waals surface area contributed by atoms with E-state index in [2.05, 4.69) is 4.98 Å². The van der Waals surface area contributed by atoms with Gasteiger partial charge in [0.05, 0.1) is 5.52 Å². The first-order valence-electron chi connectivity index (χ1n) is 12.7. The highest BCUT2D eigenvalue weighted by molar-refractivity contribution is 6.06. The smallest absolute Gasteiger partial charge is 0.285 e. The van der Waals surface area contributed by atoms with Crippen LogP contribution < -0.4 is 33.0 Å². The van der Waals surface area contributed by atoms with Gasteiger partial charge in [-0.2, -0.15) is 4.52 Å². The second-order valence-electron chi connectivity index (χ2n) is 10.3. The van der Waals surface area contributed by atoms with Gasteiger partial charge in [0.2, 0.25) is 10.9 Å². The van der Waals surface area contributed by atoms with Crippen molar-refractivity contribution >= 4 is 70.7 Å². The number of nitrogens with one attached hydrogen (secondary N) is 2. The van der Waals surface area contributed by atoms with Crippen molar-refractivity contribution in [3.8, 4) is 0 Å². The molecule has 0 fully saturated rings. The lowest BCUT2D eigenvalue weighted by Crippen LogP contribution is -2.31. The maximum absolute atomic E-state index is 14.1. The largest absolute Gasteiger partial charge is 0.287 e. The van der Waals surface area contributed by atoms with Gasteiger partial charge >= 0.3 is 0 Å². The molecule has 0 bridgehead atoms. The van der Waals surface area contributed by atoms with E-state index in [4.69, 9.17) is 10.8 Å². The number of hydrogen-bond acceptors (Lipinski definition) is 7. The highest BCUT2D eigenvalue weighted by atomic mass is 16.2. The Kier molecular flexibility index (Phi) is 3.70. The molecule has 0 atom stereocenters. The van der Waals surface area contributed by atoms with Crippen LogP contribution in [0.3, 0.4) is 0 Å². The zero-order chi connectivity index (χ0) is 27.9. The van der Waals surface area contributed by atoms with Gasteiger partial charge in [-0.25, -0.2) is 13.9 Å². The van der Waals surface area contributed by atoms with Gasteiger partial charge in [0.25, 0.3) is 11.1 Å². The lowest BCUT2D eigenvalue weighted by Gasteiger charge is -2.01. The van der Waals surface area contributed by atoms with Crippen molar-refractivity contribution in [2.24, 2.45) is 0 Å². The molecule has 0 radical (unpaired) electrons. The first-order chi connectivity index (χ1) is 19.8. The van der Waals surface area contributed by atoms with E-state index in [1.54, 1.807) is 24.3 Å². The molecule has 0 spiro atoms. The Balaban J connectivity index is 1.55. The Morgan fingerprint density at radius 1 is 0.585 bits per heavy atom. The lowest BCUT2D eigenvalue weighted by atomic mass is 10.1. The third-order valence-corrected chi connectivity index (χ3v) is 8.19. The van der Waals surface area contributed by atoms with Crippen molar-refractivity contribution < 1.29 is 0 Å². The van der Waals surface area contributed by atoms with Crippen LogP contribution in [-0.4, -0.2) is 18.4 Å². The van der Waals surface area contributed by atoms with Gasteiger partial charge in [-0.1, -0.05) is 48.5 Å². The van der Waals surface area contributed by atoms with Crippen LogP contribution in [0.2, 0.25) is 0 Å². The number of fused-ring (bicyclic) bond motifs is 11. The van der Waals surface area contributed by atoms with Crippen molar-refractivity contribution in [2.75, 3.05) is 0 Å². The molecule has 5 aromatic carbocycles. The number of benzene rings is 5. The Morgan fingerprint density at radius 2 is 1.17 bits per heavy atom. The van der Waals surface area contributed by atoms with Gasteiger partial charge in [0.15, 0.2) is 5.49 Å². The normalized spacial score (nSPS) is 12.5. The van der Waals surface area contributed by atoms with E-state index in [1.807, 2.05) is 48.5 Å². The molecule has 41 heavy (non-hydrogen) atoms. The lowest BCUT2D eigenvalue weighted by molar-refractivity contribution is 0.811. The summed E-state index contributed by atoms with van der Waals surface area (Å²) >= 11 is 0. The van der Waals surface area contributed by atoms with Gasteiger partial charge in [0.1, 0.15) is 32.9 Å². The number of hydrogen-bond donors (Lipinski definition) is 2. The minimum atomic E-state index is -0.856. The fraction of sp³-hybridized carbons (Fsp3) is 0. The molecule has 4 heterocycles. The molecule has 2 N–H and O–H groups in total. The molecule has 0 saturated carbocycles. The molecule has 10 heteroatoms. The minimum Gasteiger partial charge on any atom is -0.287 e. The first kappa shape index (κ1) is 21.9. The van der Waals surface area contributed by atoms with Gasteiger partial charge < -0.3 is 0 Å². The molecular weight excluding hydrogens is 520 g/mol. The topological polar surface area (TPSA) is 142 Å². The first-order valence-corrected chi connectivity index (χ1v) is 12.7. The fourth-order valence-corrected chi connectivity index (χ4v) is 6.31. The highest BCUT2D eigenvalue weighted by Crippen LogP contribution is 2.25. The number of rotatable bonds is 0. The Bertz CT molecular complexity index is 3050. The Hall–Kier alpha value is -6.03. The number of aromatic nitrogens is 4. The third kappa shape index (κ3) is 2.41. The summed E-state index contributed by atoms with van der Waals surface area (Å²) in [6.45, 7) is 0. The molecule has 0 unspecified atom stereocenters. The quantitative estimate of drug-likeness (QED) is 0.307. The van der Waals surface area contributed by atoms with Crippen molar-refractivity contribution in [1.29, 1.82) is 10.8 Å². The van der Waals surface area contributed by atoms with Crippen molar-refractivity contribution in [3.63, 3.8) is 0 Å². The van der Waals surface area contributed by atoms with Crippen LogP contribution >= 0.6 is 0 Å². The monoisotopic (exact) mass is 534 g/mol. The summed E-state index contributed by atoms with van der Waals surface area (Å²) in [7, 11) is 0. The molecule has 0 saturated heterocycles. The molecular formula is C31H14N6O4. The van der Waals surface area contributed by atoms with Crippen LogP contribution in [0.25, 0.3) is 70.7 Å². The predicted octanol–water partition coefficient (Wildman–Crippen LogP) is 2.32. The second kappa shape index (κ2) is 6.93. The molecule has 4 aromatic heterocycles. The molecule has 0 aliphatic carbocycles. The summed E-state index contributed by atoms with van der Waals surface area (Å²) in [4.78, 5) is 59.9. The summed E-state index contributed by atoms with van der Waals surface area (Å²) in [6, 6.07) is 22.0. The predicted molar refractivity (Wildman–Crippen MR) is 155 cm³/mol. The molecule has 0 aliphatic rings. The standard InChI is InChI=1S/C31H14N6O4/c32-27-17-9-13-5-1-2-6-14(13)10-18(17)29-34-23-21(30(40)35(27)29)26(39)24-22(25(23)38)31(41)37-28(33)19-11-15-7-3-4-8-16(15)12-20(19)36(24)37/h1-12,32-33H. The fourth-order valence-electron chi connectivity index (χ4n) is 6.31. The van der Waals surface area contributed by atoms with Crippen molar-refractivity contribution in [3.05, 3.63) is 125 Å². The Labute approximate surface area is 224 Å². The van der Waals surface area contributed by atoms with Gasteiger partial charge in [-0.3, -0.25) is 30.0 Å². The van der Waals surface area contributed by atoms with Crippen molar-refractivity contribution in [2.45, 2.75) is 0 Å². The summed E-state index contributed by atoms with van der Waals surface area (Å²) in [5.41, 5.74) is -3.94. The van der Waals surface area contributed by atoms with E-state index in [9.17, 15) is 19.2 Å². The zero-order valence-corrected chi connectivity index (χ0v) is 20.9. The van der Waals surface area contributed by atoms with E-state index < -0.39 is 38.3 Å². The van der Waals surface area contributed by atoms with E-state index >= 15 is 0 Å². The summed E-state index contributed by atoms with van der Waals surface area (Å²) in [5.74, 6) is 0. The second-order valence-corrected chi connectivity index (χ2v) is 10.3. The average molecular weight is 534 g/mol. The SMILES string of the molecule is N=c1c2cc3ccccc3cc2c2nc3c(=O)c4c(=O)n5c(=N)c6cc7ccccc7cc6n5c4c(=O)c3c(=O)n12. The molecule has 0 amide bonds. The number of nitrogens with zero attached hydrogens (tertiary/aromatic N) is 4. The molecule has 0 aliphatic heterocycles. The third-order valence-electron chi connectivity index (χ3n) is 8.19. The molecule has 192 valence electrons. The van der Waals surface area contributed by atoms with Gasteiger partial charge in [-0.05, 0) is 45.8 Å². The molecule has 10 nitrogen and oxygen atoms in total. The van der Waals surface area contributed by atoms with E-state index in [-0.39, 0.29) is 22.1 Å². The van der Waals surface area contributed by atoms with E-state index in [1.165, 1.54) is 4.52 Å². The van der Waals surface area contributed by atoms with Crippen LogP contribution in [0.15, 0.2) is 92.0 Å². The van der Waals surface area contributed by atoms with E-state index in [0.29, 0.717) is 21.7 Å².